The van der Waals surface area contributed by atoms with E-state index in [1.807, 2.05) is 0 Å². The molecule has 0 aliphatic heterocycles. The van der Waals surface area contributed by atoms with Gasteiger partial charge in [0.25, 0.3) is 5.69 Å². The lowest BCUT2D eigenvalue weighted by atomic mass is 9.86. The number of nitro groups is 1. The van der Waals surface area contributed by atoms with Gasteiger partial charge in [-0.3, -0.25) is 14.8 Å². The Morgan fingerprint density at radius 3 is 2.71 bits per heavy atom. The number of aliphatic hydroxyl groups is 1. The van der Waals surface area contributed by atoms with Gasteiger partial charge in [0.05, 0.1) is 23.2 Å². The van der Waals surface area contributed by atoms with Gasteiger partial charge in [-0.05, 0) is 19.9 Å². The summed E-state index contributed by atoms with van der Waals surface area (Å²) in [4.78, 5) is 14.9. The van der Waals surface area contributed by atoms with Crippen molar-refractivity contribution in [3.8, 4) is 0 Å². The number of nitro benzene ring substituents is 1. The first-order valence-corrected chi connectivity index (χ1v) is 9.35. The maximum Gasteiger partial charge on any atom is 0.295 e. The van der Waals surface area contributed by atoms with Crippen LogP contribution in [0.4, 0.5) is 14.5 Å². The molecule has 1 N–H and O–H groups in total. The number of non-ortho nitro benzene ring substituents is 1. The number of halogens is 2. The third-order valence-corrected chi connectivity index (χ3v) is 5.41. The molecular formula is C20H18F2N6O3. The topological polar surface area (TPSA) is 112 Å². The third-order valence-electron chi connectivity index (χ3n) is 5.41. The first-order valence-electron chi connectivity index (χ1n) is 9.35. The summed E-state index contributed by atoms with van der Waals surface area (Å²) >= 11 is 0. The Kier molecular flexibility index (Phi) is 4.97. The summed E-state index contributed by atoms with van der Waals surface area (Å²) in [5.74, 6) is -1.76. The molecule has 0 aliphatic carbocycles. The zero-order valence-electron chi connectivity index (χ0n) is 16.6. The van der Waals surface area contributed by atoms with Crippen molar-refractivity contribution in [2.24, 2.45) is 0 Å². The SMILES string of the molecule is Cc1nn([C@H](C)[C@](O)(Cn2cncn2)c2ccc(F)cc2F)c2c([N+](=O)[O-])cccc12. The quantitative estimate of drug-likeness (QED) is 0.373. The van der Waals surface area contributed by atoms with Crippen LogP contribution in [0.1, 0.15) is 24.2 Å². The molecule has 2 aromatic carbocycles. The van der Waals surface area contributed by atoms with Gasteiger partial charge in [-0.1, -0.05) is 18.2 Å². The van der Waals surface area contributed by atoms with Crippen molar-refractivity contribution in [2.45, 2.75) is 32.0 Å². The van der Waals surface area contributed by atoms with Crippen LogP contribution in [0.3, 0.4) is 0 Å². The standard InChI is InChI=1S/C20H18F2N6O3/c1-12-15-4-3-5-18(28(30)31)19(15)27(25-12)13(2)20(29,9-26-11-23-10-24-26)16-7-6-14(21)8-17(16)22/h3-8,10-11,13,29H,9H2,1-2H3/t13-,20-/m1/s1. The van der Waals surface area contributed by atoms with Crippen molar-refractivity contribution in [1.82, 2.24) is 24.5 Å². The van der Waals surface area contributed by atoms with Crippen LogP contribution in [0.2, 0.25) is 0 Å². The van der Waals surface area contributed by atoms with Gasteiger partial charge in [0.2, 0.25) is 0 Å². The number of nitrogens with zero attached hydrogens (tertiary/aromatic N) is 6. The maximum absolute atomic E-state index is 14.8. The highest BCUT2D eigenvalue weighted by atomic mass is 19.1. The zero-order valence-corrected chi connectivity index (χ0v) is 16.6. The molecule has 31 heavy (non-hydrogen) atoms. The molecule has 2 atom stereocenters. The first kappa shape index (κ1) is 20.5. The van der Waals surface area contributed by atoms with Crippen LogP contribution in [0, 0.1) is 28.7 Å². The van der Waals surface area contributed by atoms with E-state index < -0.39 is 28.2 Å². The molecule has 0 fully saturated rings. The molecule has 160 valence electrons. The summed E-state index contributed by atoms with van der Waals surface area (Å²) in [6.45, 7) is 2.99. The number of aryl methyl sites for hydroxylation is 1. The Hall–Kier alpha value is -3.73. The van der Waals surface area contributed by atoms with Gasteiger partial charge in [0, 0.05) is 23.1 Å². The van der Waals surface area contributed by atoms with E-state index in [0.717, 1.165) is 12.1 Å². The molecular weight excluding hydrogens is 410 g/mol. The van der Waals surface area contributed by atoms with Crippen molar-refractivity contribution in [2.75, 3.05) is 0 Å². The second kappa shape index (κ2) is 7.51. The van der Waals surface area contributed by atoms with Crippen molar-refractivity contribution in [3.63, 3.8) is 0 Å². The Balaban J connectivity index is 1.95. The third kappa shape index (κ3) is 3.42. The Bertz CT molecular complexity index is 1270. The fourth-order valence-electron chi connectivity index (χ4n) is 3.80. The lowest BCUT2D eigenvalue weighted by Crippen LogP contribution is -2.41. The molecule has 0 unspecified atom stereocenters. The summed E-state index contributed by atoms with van der Waals surface area (Å²) in [6, 6.07) is 6.41. The maximum atomic E-state index is 14.8. The van der Waals surface area contributed by atoms with E-state index in [1.165, 1.54) is 28.1 Å². The summed E-state index contributed by atoms with van der Waals surface area (Å²) in [5.41, 5.74) is -1.70. The second-order valence-electron chi connectivity index (χ2n) is 7.28. The Labute approximate surface area is 174 Å². The predicted molar refractivity (Wildman–Crippen MR) is 106 cm³/mol. The van der Waals surface area contributed by atoms with Crippen LogP contribution >= 0.6 is 0 Å². The van der Waals surface area contributed by atoms with E-state index in [1.54, 1.807) is 26.0 Å². The first-order chi connectivity index (χ1) is 14.7. The lowest BCUT2D eigenvalue weighted by molar-refractivity contribution is -0.383. The highest BCUT2D eigenvalue weighted by Gasteiger charge is 2.42. The van der Waals surface area contributed by atoms with Crippen LogP contribution < -0.4 is 0 Å². The van der Waals surface area contributed by atoms with Gasteiger partial charge < -0.3 is 5.11 Å². The molecule has 2 heterocycles. The zero-order chi connectivity index (χ0) is 22.3. The molecule has 4 aromatic rings. The van der Waals surface area contributed by atoms with E-state index in [2.05, 4.69) is 15.2 Å². The molecule has 0 saturated heterocycles. The van der Waals surface area contributed by atoms with Crippen LogP contribution in [-0.4, -0.2) is 34.6 Å². The average molecular weight is 428 g/mol. The van der Waals surface area contributed by atoms with Crippen LogP contribution in [-0.2, 0) is 12.1 Å². The van der Waals surface area contributed by atoms with E-state index in [0.29, 0.717) is 17.1 Å². The number of benzene rings is 2. The molecule has 0 bridgehead atoms. The van der Waals surface area contributed by atoms with E-state index >= 15 is 0 Å². The number of aromatic nitrogens is 5. The molecule has 11 heteroatoms. The van der Waals surface area contributed by atoms with Crippen LogP contribution in [0.25, 0.3) is 10.9 Å². The normalized spacial score (nSPS) is 14.5. The fraction of sp³-hybridized carbons (Fsp3) is 0.250. The largest absolute Gasteiger partial charge is 0.381 e. The number of rotatable bonds is 6. The number of hydrogen-bond acceptors (Lipinski definition) is 6. The van der Waals surface area contributed by atoms with Gasteiger partial charge in [-0.15, -0.1) is 0 Å². The summed E-state index contributed by atoms with van der Waals surface area (Å²) < 4.78 is 30.9. The van der Waals surface area contributed by atoms with Gasteiger partial charge in [0.15, 0.2) is 0 Å². The van der Waals surface area contributed by atoms with Gasteiger partial charge in [-0.25, -0.2) is 18.4 Å². The average Bonchev–Trinajstić information content (AvgIpc) is 3.34. The van der Waals surface area contributed by atoms with Crippen LogP contribution in [0.15, 0.2) is 49.1 Å². The van der Waals surface area contributed by atoms with Gasteiger partial charge >= 0.3 is 0 Å². The molecule has 9 nitrogen and oxygen atoms in total. The molecule has 0 aliphatic rings. The van der Waals surface area contributed by atoms with Crippen LogP contribution in [0.5, 0.6) is 0 Å². The highest BCUT2D eigenvalue weighted by molar-refractivity contribution is 5.89. The minimum Gasteiger partial charge on any atom is -0.381 e. The molecule has 0 spiro atoms. The summed E-state index contributed by atoms with van der Waals surface area (Å²) in [5, 5.41) is 32.3. The minimum atomic E-state index is -2.00. The molecule has 0 radical (unpaired) electrons. The number of fused-ring (bicyclic) bond motifs is 1. The highest BCUT2D eigenvalue weighted by Crippen LogP contribution is 2.40. The van der Waals surface area contributed by atoms with E-state index in [-0.39, 0.29) is 23.3 Å². The Morgan fingerprint density at radius 2 is 2.06 bits per heavy atom. The predicted octanol–water partition coefficient (Wildman–Crippen LogP) is 3.27. The molecule has 2 aromatic heterocycles. The molecule has 4 rings (SSSR count). The second-order valence-corrected chi connectivity index (χ2v) is 7.28. The minimum absolute atomic E-state index is 0.192. The molecule has 0 amide bonds. The monoisotopic (exact) mass is 428 g/mol. The van der Waals surface area contributed by atoms with E-state index in [4.69, 9.17) is 0 Å². The lowest BCUT2D eigenvalue weighted by Gasteiger charge is -2.35. The Morgan fingerprint density at radius 1 is 1.29 bits per heavy atom. The van der Waals surface area contributed by atoms with Crippen molar-refractivity contribution in [3.05, 3.63) is 82.1 Å². The number of hydrogen-bond donors (Lipinski definition) is 1. The summed E-state index contributed by atoms with van der Waals surface area (Å²) in [7, 11) is 0. The van der Waals surface area contributed by atoms with Gasteiger partial charge in [-0.2, -0.15) is 10.2 Å². The van der Waals surface area contributed by atoms with Crippen molar-refractivity contribution >= 4 is 16.6 Å². The number of para-hydroxylation sites is 1. The van der Waals surface area contributed by atoms with E-state index in [9.17, 15) is 24.0 Å². The summed E-state index contributed by atoms with van der Waals surface area (Å²) in [6.07, 6.45) is 2.60. The molecule has 0 saturated carbocycles. The fourth-order valence-corrected chi connectivity index (χ4v) is 3.80. The smallest absolute Gasteiger partial charge is 0.295 e. The van der Waals surface area contributed by atoms with Gasteiger partial charge in [0.1, 0.15) is 35.4 Å². The van der Waals surface area contributed by atoms with Crippen molar-refractivity contribution in [1.29, 1.82) is 0 Å². The van der Waals surface area contributed by atoms with Crippen molar-refractivity contribution < 1.29 is 18.8 Å².